The number of imidazole rings is 1. The fourth-order valence-electron chi connectivity index (χ4n) is 3.36. The summed E-state index contributed by atoms with van der Waals surface area (Å²) in [6, 6.07) is 3.55. The van der Waals surface area contributed by atoms with E-state index in [1.165, 1.54) is 0 Å². The molecule has 0 saturated carbocycles. The minimum atomic E-state index is -0.152. The molecule has 9 heteroatoms. The third-order valence-corrected chi connectivity index (χ3v) is 4.78. The van der Waals surface area contributed by atoms with Crippen molar-refractivity contribution in [3.63, 3.8) is 0 Å². The van der Waals surface area contributed by atoms with Gasteiger partial charge >= 0.3 is 0 Å². The molecule has 4 heterocycles. The highest BCUT2D eigenvalue weighted by atomic mass is 16.5. The molecule has 2 atom stereocenters. The second kappa shape index (κ2) is 6.85. The zero-order valence-electron chi connectivity index (χ0n) is 14.7. The van der Waals surface area contributed by atoms with E-state index in [4.69, 9.17) is 4.74 Å². The van der Waals surface area contributed by atoms with E-state index >= 15 is 0 Å². The Balaban J connectivity index is 1.48. The second-order valence-electron chi connectivity index (χ2n) is 6.49. The Hall–Kier alpha value is -2.78. The van der Waals surface area contributed by atoms with Crippen molar-refractivity contribution in [2.45, 2.75) is 12.1 Å². The number of carbonyl (C=O) groups is 1. The number of fused-ring (bicyclic) bond motifs is 1. The standard InChI is InChI=1S/C17H21N7O2/c1-22-5-6-26-14(16(22)13-7-18-10-23(13)2)8-19-17(25)12-3-4-15-21-20-11-24(15)9-12/h3-4,7,9-11,14,16H,5-6,8H2,1-2H3,(H,19,25)/t14-,16-/m0/s1. The van der Waals surface area contributed by atoms with Crippen LogP contribution in [0, 0.1) is 0 Å². The van der Waals surface area contributed by atoms with Crippen molar-refractivity contribution < 1.29 is 9.53 Å². The molecule has 9 nitrogen and oxygen atoms in total. The number of pyridine rings is 1. The van der Waals surface area contributed by atoms with Crippen LogP contribution in [0.15, 0.2) is 37.2 Å². The van der Waals surface area contributed by atoms with E-state index in [1.54, 1.807) is 35.4 Å². The molecular formula is C17H21N7O2. The van der Waals surface area contributed by atoms with Gasteiger partial charge in [0.1, 0.15) is 6.33 Å². The van der Waals surface area contributed by atoms with Gasteiger partial charge in [0.25, 0.3) is 5.91 Å². The molecule has 3 aromatic rings. The monoisotopic (exact) mass is 355 g/mol. The first-order valence-electron chi connectivity index (χ1n) is 8.49. The summed E-state index contributed by atoms with van der Waals surface area (Å²) >= 11 is 0. The molecule has 0 aliphatic carbocycles. The fraction of sp³-hybridized carbons (Fsp3) is 0.412. The number of ether oxygens (including phenoxy) is 1. The van der Waals surface area contributed by atoms with E-state index < -0.39 is 0 Å². The van der Waals surface area contributed by atoms with Crippen molar-refractivity contribution in [3.05, 3.63) is 48.4 Å². The lowest BCUT2D eigenvalue weighted by atomic mass is 10.0. The average Bonchev–Trinajstić information content (AvgIpc) is 3.27. The largest absolute Gasteiger partial charge is 0.373 e. The van der Waals surface area contributed by atoms with E-state index in [0.717, 1.165) is 12.2 Å². The summed E-state index contributed by atoms with van der Waals surface area (Å²) < 4.78 is 9.67. The van der Waals surface area contributed by atoms with Gasteiger partial charge in [-0.25, -0.2) is 4.98 Å². The number of aryl methyl sites for hydroxylation is 1. The maximum absolute atomic E-state index is 12.5. The maximum Gasteiger partial charge on any atom is 0.252 e. The number of amides is 1. The molecule has 136 valence electrons. The summed E-state index contributed by atoms with van der Waals surface area (Å²) in [6.45, 7) is 1.89. The van der Waals surface area contributed by atoms with Crippen molar-refractivity contribution in [3.8, 4) is 0 Å². The van der Waals surface area contributed by atoms with Gasteiger partial charge in [-0.1, -0.05) is 0 Å². The van der Waals surface area contributed by atoms with Gasteiger partial charge in [0.05, 0.1) is 36.3 Å². The lowest BCUT2D eigenvalue weighted by Crippen LogP contribution is -2.48. The number of hydrogen-bond donors (Lipinski definition) is 1. The number of rotatable bonds is 4. The molecular weight excluding hydrogens is 334 g/mol. The van der Waals surface area contributed by atoms with Crippen LogP contribution in [0.3, 0.4) is 0 Å². The Morgan fingerprint density at radius 1 is 1.35 bits per heavy atom. The van der Waals surface area contributed by atoms with Gasteiger partial charge in [0.2, 0.25) is 0 Å². The van der Waals surface area contributed by atoms with Crippen molar-refractivity contribution in [2.75, 3.05) is 26.7 Å². The van der Waals surface area contributed by atoms with Crippen LogP contribution >= 0.6 is 0 Å². The number of likely N-dealkylation sites (N-methyl/N-ethyl adjacent to an activating group) is 1. The molecule has 1 aliphatic rings. The van der Waals surface area contributed by atoms with Crippen molar-refractivity contribution in [1.82, 2.24) is 34.4 Å². The van der Waals surface area contributed by atoms with Crippen LogP contribution < -0.4 is 5.32 Å². The van der Waals surface area contributed by atoms with Crippen LogP contribution in [0.25, 0.3) is 5.65 Å². The van der Waals surface area contributed by atoms with Gasteiger partial charge in [-0.3, -0.25) is 14.1 Å². The summed E-state index contributed by atoms with van der Waals surface area (Å²) in [5, 5.41) is 10.7. The average molecular weight is 355 g/mol. The number of aromatic nitrogens is 5. The molecule has 1 amide bonds. The van der Waals surface area contributed by atoms with Crippen LogP contribution in [0.1, 0.15) is 22.1 Å². The molecule has 3 aromatic heterocycles. The highest BCUT2D eigenvalue weighted by Crippen LogP contribution is 2.27. The highest BCUT2D eigenvalue weighted by Gasteiger charge is 2.33. The van der Waals surface area contributed by atoms with Gasteiger partial charge in [-0.05, 0) is 19.2 Å². The number of carbonyl (C=O) groups excluding carboxylic acids is 1. The van der Waals surface area contributed by atoms with E-state index in [-0.39, 0.29) is 18.1 Å². The van der Waals surface area contributed by atoms with E-state index in [0.29, 0.717) is 24.4 Å². The summed E-state index contributed by atoms with van der Waals surface area (Å²) in [5.41, 5.74) is 2.32. The molecule has 26 heavy (non-hydrogen) atoms. The maximum atomic E-state index is 12.5. The lowest BCUT2D eigenvalue weighted by Gasteiger charge is -2.39. The van der Waals surface area contributed by atoms with Crippen LogP contribution in [-0.2, 0) is 11.8 Å². The minimum Gasteiger partial charge on any atom is -0.373 e. The van der Waals surface area contributed by atoms with Crippen LogP contribution in [0.5, 0.6) is 0 Å². The molecule has 1 saturated heterocycles. The molecule has 0 bridgehead atoms. The van der Waals surface area contributed by atoms with Crippen LogP contribution in [0.4, 0.5) is 0 Å². The Morgan fingerprint density at radius 3 is 3.04 bits per heavy atom. The number of nitrogens with one attached hydrogen (secondary N) is 1. The number of nitrogens with zero attached hydrogens (tertiary/aromatic N) is 6. The summed E-state index contributed by atoms with van der Waals surface area (Å²) in [5.74, 6) is -0.152. The third kappa shape index (κ3) is 3.06. The van der Waals surface area contributed by atoms with Crippen molar-refractivity contribution >= 4 is 11.6 Å². The van der Waals surface area contributed by atoms with Gasteiger partial charge < -0.3 is 14.6 Å². The molecule has 4 rings (SSSR count). The van der Waals surface area contributed by atoms with E-state index in [9.17, 15) is 4.79 Å². The molecule has 1 N–H and O–H groups in total. The molecule has 0 radical (unpaired) electrons. The first kappa shape index (κ1) is 16.7. The molecule has 0 unspecified atom stereocenters. The highest BCUT2D eigenvalue weighted by molar-refractivity contribution is 5.94. The molecule has 1 fully saturated rings. The lowest BCUT2D eigenvalue weighted by molar-refractivity contribution is -0.0626. The topological polar surface area (TPSA) is 89.6 Å². The number of hydrogen-bond acceptors (Lipinski definition) is 6. The molecule has 0 aromatic carbocycles. The first-order valence-corrected chi connectivity index (χ1v) is 8.49. The molecule has 1 aliphatic heterocycles. The van der Waals surface area contributed by atoms with Gasteiger partial charge in [-0.15, -0.1) is 10.2 Å². The smallest absolute Gasteiger partial charge is 0.252 e. The predicted molar refractivity (Wildman–Crippen MR) is 93.6 cm³/mol. The summed E-state index contributed by atoms with van der Waals surface area (Å²) in [7, 11) is 4.03. The van der Waals surface area contributed by atoms with Gasteiger partial charge in [-0.2, -0.15) is 0 Å². The Morgan fingerprint density at radius 2 is 2.23 bits per heavy atom. The fourth-order valence-corrected chi connectivity index (χ4v) is 3.36. The van der Waals surface area contributed by atoms with Crippen molar-refractivity contribution in [2.24, 2.45) is 7.05 Å². The van der Waals surface area contributed by atoms with Gasteiger partial charge in [0.15, 0.2) is 5.65 Å². The SMILES string of the molecule is CN1CCO[C@@H](CNC(=O)c2ccc3nncn3c2)[C@@H]1c1cncn1C. The van der Waals surface area contributed by atoms with Crippen LogP contribution in [-0.4, -0.2) is 67.8 Å². The molecule has 0 spiro atoms. The van der Waals surface area contributed by atoms with Crippen LogP contribution in [0.2, 0.25) is 0 Å². The van der Waals surface area contributed by atoms with Crippen molar-refractivity contribution in [1.29, 1.82) is 0 Å². The van der Waals surface area contributed by atoms with E-state index in [2.05, 4.69) is 32.4 Å². The Bertz CT molecular complexity index is 919. The zero-order valence-corrected chi connectivity index (χ0v) is 14.7. The quantitative estimate of drug-likeness (QED) is 0.722. The normalized spacial score (nSPS) is 21.2. The first-order chi connectivity index (χ1) is 12.6. The summed E-state index contributed by atoms with van der Waals surface area (Å²) in [4.78, 5) is 19.0. The Kier molecular flexibility index (Phi) is 4.39. The summed E-state index contributed by atoms with van der Waals surface area (Å²) in [6.07, 6.45) is 6.78. The number of morpholine rings is 1. The third-order valence-electron chi connectivity index (χ3n) is 4.78. The Labute approximate surface area is 150 Å². The van der Waals surface area contributed by atoms with E-state index in [1.807, 2.05) is 17.8 Å². The van der Waals surface area contributed by atoms with Gasteiger partial charge in [0, 0.05) is 32.5 Å². The minimum absolute atomic E-state index is 0.0388. The second-order valence-corrected chi connectivity index (χ2v) is 6.49. The predicted octanol–water partition coefficient (Wildman–Crippen LogP) is 0.265. The zero-order chi connectivity index (χ0) is 18.1.